The van der Waals surface area contributed by atoms with Crippen LogP contribution in [0, 0.1) is 0 Å². The van der Waals surface area contributed by atoms with E-state index in [1.165, 1.54) is 16.5 Å². The molecule has 0 bridgehead atoms. The van der Waals surface area contributed by atoms with Crippen molar-refractivity contribution in [2.75, 3.05) is 19.6 Å². The first-order valence-corrected chi connectivity index (χ1v) is 9.49. The van der Waals surface area contributed by atoms with Gasteiger partial charge in [-0.1, -0.05) is 25.1 Å². The van der Waals surface area contributed by atoms with E-state index in [1.807, 2.05) is 4.90 Å². The van der Waals surface area contributed by atoms with Gasteiger partial charge < -0.3 is 19.9 Å². The molecule has 0 aliphatic carbocycles. The molecular weight excluding hydrogens is 314 g/mol. The molecule has 4 rings (SSSR count). The molecule has 2 N–H and O–H groups in total. The molecule has 2 aliphatic rings. The van der Waals surface area contributed by atoms with Gasteiger partial charge in [0, 0.05) is 36.5 Å². The molecule has 1 spiro atoms. The SMILES string of the molecule is CCCN1C(=O)OC2(CCNCC2)C1CCc1c[nH]c2ccccc12. The van der Waals surface area contributed by atoms with Gasteiger partial charge in [0.2, 0.25) is 0 Å². The first-order chi connectivity index (χ1) is 12.2. The van der Waals surface area contributed by atoms with Gasteiger partial charge in [-0.2, -0.15) is 0 Å². The van der Waals surface area contributed by atoms with E-state index in [0.29, 0.717) is 0 Å². The number of carbonyl (C=O) groups is 1. The molecule has 2 saturated heterocycles. The molecule has 5 nitrogen and oxygen atoms in total. The van der Waals surface area contributed by atoms with Gasteiger partial charge in [-0.15, -0.1) is 0 Å². The highest BCUT2D eigenvalue weighted by molar-refractivity contribution is 5.83. The van der Waals surface area contributed by atoms with Crippen molar-refractivity contribution in [2.45, 2.75) is 50.7 Å². The van der Waals surface area contributed by atoms with Crippen LogP contribution >= 0.6 is 0 Å². The van der Waals surface area contributed by atoms with Gasteiger partial charge >= 0.3 is 6.09 Å². The van der Waals surface area contributed by atoms with Crippen molar-refractivity contribution in [1.82, 2.24) is 15.2 Å². The number of ether oxygens (including phenoxy) is 1. The minimum absolute atomic E-state index is 0.118. The molecule has 5 heteroatoms. The Labute approximate surface area is 148 Å². The number of hydrogen-bond acceptors (Lipinski definition) is 3. The Kier molecular flexibility index (Phi) is 4.42. The number of rotatable bonds is 5. The summed E-state index contributed by atoms with van der Waals surface area (Å²) in [6, 6.07) is 8.59. The van der Waals surface area contributed by atoms with Gasteiger partial charge in [0.25, 0.3) is 0 Å². The summed E-state index contributed by atoms with van der Waals surface area (Å²) in [4.78, 5) is 17.8. The largest absolute Gasteiger partial charge is 0.440 e. The Balaban J connectivity index is 1.57. The summed E-state index contributed by atoms with van der Waals surface area (Å²) in [7, 11) is 0. The maximum Gasteiger partial charge on any atom is 0.410 e. The van der Waals surface area contributed by atoms with Gasteiger partial charge in [0.15, 0.2) is 0 Å². The highest BCUT2D eigenvalue weighted by Crippen LogP contribution is 2.39. The standard InChI is InChI=1S/C20H27N3O2/c1-2-13-23-18(20(25-19(23)24)9-11-21-12-10-20)8-7-15-14-22-17-6-4-3-5-16(15)17/h3-6,14,18,21-22H,2,7-13H2,1H3. The van der Waals surface area contributed by atoms with Crippen LogP contribution in [0.3, 0.4) is 0 Å². The van der Waals surface area contributed by atoms with Crippen LogP contribution in [0.4, 0.5) is 4.79 Å². The zero-order chi connectivity index (χ0) is 17.3. The maximum absolute atomic E-state index is 12.5. The molecule has 1 unspecified atom stereocenters. The number of benzene rings is 1. The molecule has 1 amide bonds. The van der Waals surface area contributed by atoms with Gasteiger partial charge in [0.1, 0.15) is 5.60 Å². The lowest BCUT2D eigenvalue weighted by Gasteiger charge is -2.38. The second kappa shape index (κ2) is 6.71. The lowest BCUT2D eigenvalue weighted by atomic mass is 9.82. The van der Waals surface area contributed by atoms with E-state index in [-0.39, 0.29) is 17.7 Å². The van der Waals surface area contributed by atoms with Gasteiger partial charge in [-0.05, 0) is 44.0 Å². The number of nitrogens with zero attached hydrogens (tertiary/aromatic N) is 1. The number of fused-ring (bicyclic) bond motifs is 1. The highest BCUT2D eigenvalue weighted by Gasteiger charge is 2.53. The Bertz CT molecular complexity index is 748. The molecule has 1 atom stereocenters. The first-order valence-electron chi connectivity index (χ1n) is 9.49. The maximum atomic E-state index is 12.5. The predicted molar refractivity (Wildman–Crippen MR) is 98.7 cm³/mol. The zero-order valence-corrected chi connectivity index (χ0v) is 14.9. The van der Waals surface area contributed by atoms with Crippen molar-refractivity contribution in [2.24, 2.45) is 0 Å². The monoisotopic (exact) mass is 341 g/mol. The Morgan fingerprint density at radius 2 is 2.08 bits per heavy atom. The summed E-state index contributed by atoms with van der Waals surface area (Å²) in [6.45, 7) is 4.76. The molecule has 1 aromatic heterocycles. The molecule has 0 radical (unpaired) electrons. The molecule has 1 aromatic carbocycles. The molecule has 0 saturated carbocycles. The predicted octanol–water partition coefficient (Wildman–Crippen LogP) is 3.45. The summed E-state index contributed by atoms with van der Waals surface area (Å²) in [6.07, 6.45) is 6.70. The van der Waals surface area contributed by atoms with Crippen molar-refractivity contribution in [3.8, 4) is 0 Å². The summed E-state index contributed by atoms with van der Waals surface area (Å²) in [5.74, 6) is 0. The van der Waals surface area contributed by atoms with Crippen molar-refractivity contribution in [3.63, 3.8) is 0 Å². The second-order valence-corrected chi connectivity index (χ2v) is 7.29. The van der Waals surface area contributed by atoms with Crippen LogP contribution in [-0.4, -0.2) is 47.3 Å². The van der Waals surface area contributed by atoms with Crippen LogP contribution in [0.15, 0.2) is 30.5 Å². The Morgan fingerprint density at radius 1 is 1.28 bits per heavy atom. The number of amides is 1. The molecule has 2 fully saturated rings. The van der Waals surface area contributed by atoms with Crippen molar-refractivity contribution in [3.05, 3.63) is 36.0 Å². The van der Waals surface area contributed by atoms with E-state index in [9.17, 15) is 4.79 Å². The van der Waals surface area contributed by atoms with E-state index in [0.717, 1.165) is 51.7 Å². The number of hydrogen-bond donors (Lipinski definition) is 2. The number of piperidine rings is 1. The summed E-state index contributed by atoms with van der Waals surface area (Å²) < 4.78 is 5.96. The third-order valence-electron chi connectivity index (χ3n) is 5.79. The molecule has 25 heavy (non-hydrogen) atoms. The zero-order valence-electron chi connectivity index (χ0n) is 14.9. The highest BCUT2D eigenvalue weighted by atomic mass is 16.6. The lowest BCUT2D eigenvalue weighted by Crippen LogP contribution is -2.51. The molecule has 2 aromatic rings. The average molecular weight is 341 g/mol. The third kappa shape index (κ3) is 2.91. The minimum atomic E-state index is -0.302. The van der Waals surface area contributed by atoms with Crippen LogP contribution in [0.25, 0.3) is 10.9 Å². The number of nitrogens with one attached hydrogen (secondary N) is 2. The molecular formula is C20H27N3O2. The van der Waals surface area contributed by atoms with Gasteiger partial charge in [-0.3, -0.25) is 0 Å². The summed E-state index contributed by atoms with van der Waals surface area (Å²) >= 11 is 0. The summed E-state index contributed by atoms with van der Waals surface area (Å²) in [5, 5.41) is 4.68. The smallest absolute Gasteiger partial charge is 0.410 e. The number of carbonyl (C=O) groups excluding carboxylic acids is 1. The topological polar surface area (TPSA) is 57.4 Å². The third-order valence-corrected chi connectivity index (χ3v) is 5.79. The second-order valence-electron chi connectivity index (χ2n) is 7.29. The fourth-order valence-electron chi connectivity index (χ4n) is 4.53. The summed E-state index contributed by atoms with van der Waals surface area (Å²) in [5.41, 5.74) is 2.21. The van der Waals surface area contributed by atoms with Crippen LogP contribution in [-0.2, 0) is 11.2 Å². The van der Waals surface area contributed by atoms with Crippen LogP contribution < -0.4 is 5.32 Å². The van der Waals surface area contributed by atoms with Crippen molar-refractivity contribution in [1.29, 1.82) is 0 Å². The lowest BCUT2D eigenvalue weighted by molar-refractivity contribution is 0.00541. The van der Waals surface area contributed by atoms with Gasteiger partial charge in [-0.25, -0.2) is 4.79 Å². The van der Waals surface area contributed by atoms with E-state index in [1.54, 1.807) is 0 Å². The van der Waals surface area contributed by atoms with Crippen LogP contribution in [0.2, 0.25) is 0 Å². The van der Waals surface area contributed by atoms with Crippen molar-refractivity contribution < 1.29 is 9.53 Å². The van der Waals surface area contributed by atoms with Crippen LogP contribution in [0.5, 0.6) is 0 Å². The number of aromatic nitrogens is 1. The first kappa shape index (κ1) is 16.5. The fraction of sp³-hybridized carbons (Fsp3) is 0.550. The number of H-pyrrole nitrogens is 1. The molecule has 134 valence electrons. The Hall–Kier alpha value is -2.01. The van der Waals surface area contributed by atoms with Crippen LogP contribution in [0.1, 0.15) is 38.2 Å². The quantitative estimate of drug-likeness (QED) is 0.876. The molecule has 3 heterocycles. The Morgan fingerprint density at radius 3 is 2.88 bits per heavy atom. The fourth-order valence-corrected chi connectivity index (χ4v) is 4.53. The minimum Gasteiger partial charge on any atom is -0.440 e. The van der Waals surface area contributed by atoms with E-state index in [2.05, 4.69) is 47.7 Å². The van der Waals surface area contributed by atoms with Gasteiger partial charge in [0.05, 0.1) is 6.04 Å². The number of aryl methyl sites for hydroxylation is 1. The van der Waals surface area contributed by atoms with Crippen molar-refractivity contribution >= 4 is 17.0 Å². The molecule has 2 aliphatic heterocycles. The average Bonchev–Trinajstić information content (AvgIpc) is 3.14. The normalized spacial score (nSPS) is 22.7. The van der Waals surface area contributed by atoms with E-state index < -0.39 is 0 Å². The van der Waals surface area contributed by atoms with E-state index in [4.69, 9.17) is 4.74 Å². The number of aromatic amines is 1. The van der Waals surface area contributed by atoms with E-state index >= 15 is 0 Å². The number of para-hydroxylation sites is 1.